The molecule has 0 bridgehead atoms. The Kier molecular flexibility index (Phi) is 9.41. The van der Waals surface area contributed by atoms with Crippen molar-refractivity contribution < 1.29 is 22.7 Å². The van der Waals surface area contributed by atoms with Gasteiger partial charge in [-0.2, -0.15) is 0 Å². The Hall–Kier alpha value is -1.93. The van der Waals surface area contributed by atoms with Gasteiger partial charge in [-0.05, 0) is 145 Å². The number of carbonyl (C=O) groups excluding carboxylic acids is 2. The summed E-state index contributed by atoms with van der Waals surface area (Å²) in [5.41, 5.74) is 2.75. The minimum Gasteiger partial charge on any atom is -0.465 e. The molecular formula is C43H66N2O5S. The average Bonchev–Trinajstić information content (AvgIpc) is 3.45. The molecule has 10 unspecified atom stereocenters. The van der Waals surface area contributed by atoms with Crippen LogP contribution in [0.15, 0.2) is 24.3 Å². The molecule has 7 nitrogen and oxygen atoms in total. The Morgan fingerprint density at radius 3 is 2.18 bits per heavy atom. The van der Waals surface area contributed by atoms with Gasteiger partial charge in [0, 0.05) is 18.6 Å². The third-order valence-corrected chi connectivity index (χ3v) is 18.9. The zero-order chi connectivity index (χ0) is 36.8. The predicted molar refractivity (Wildman–Crippen MR) is 203 cm³/mol. The van der Waals surface area contributed by atoms with Crippen LogP contribution in [-0.4, -0.2) is 69.0 Å². The van der Waals surface area contributed by atoms with Gasteiger partial charge in [-0.3, -0.25) is 9.69 Å². The fraction of sp³-hybridized carbons (Fsp3) is 0.814. The van der Waals surface area contributed by atoms with E-state index < -0.39 is 9.84 Å². The smallest absolute Gasteiger partial charge is 0.337 e. The lowest BCUT2D eigenvalue weighted by molar-refractivity contribution is -0.235. The molecule has 6 fully saturated rings. The summed E-state index contributed by atoms with van der Waals surface area (Å²) in [6.07, 6.45) is 12.0. The van der Waals surface area contributed by atoms with Crippen LogP contribution in [0.1, 0.15) is 135 Å². The highest BCUT2D eigenvalue weighted by Gasteiger charge is 2.71. The number of sulfone groups is 1. The molecule has 1 aromatic carbocycles. The van der Waals surface area contributed by atoms with E-state index in [0.29, 0.717) is 66.6 Å². The van der Waals surface area contributed by atoms with Gasteiger partial charge in [0.05, 0.1) is 30.7 Å². The first-order chi connectivity index (χ1) is 23.9. The highest BCUT2D eigenvalue weighted by Crippen LogP contribution is 2.77. The van der Waals surface area contributed by atoms with Crippen molar-refractivity contribution in [2.24, 2.45) is 57.2 Å². The van der Waals surface area contributed by atoms with Crippen molar-refractivity contribution >= 4 is 21.7 Å². The number of fused-ring (bicyclic) bond motifs is 7. The van der Waals surface area contributed by atoms with Crippen molar-refractivity contribution in [2.45, 2.75) is 124 Å². The molecule has 8 heteroatoms. The minimum atomic E-state index is -2.97. The highest BCUT2D eigenvalue weighted by atomic mass is 32.2. The van der Waals surface area contributed by atoms with Crippen LogP contribution in [0, 0.1) is 57.2 Å². The van der Waals surface area contributed by atoms with Crippen LogP contribution in [-0.2, 0) is 19.4 Å². The summed E-state index contributed by atoms with van der Waals surface area (Å²) in [6.45, 7) is 19.2. The highest BCUT2D eigenvalue weighted by molar-refractivity contribution is 7.91. The lowest BCUT2D eigenvalue weighted by Gasteiger charge is -2.73. The van der Waals surface area contributed by atoms with E-state index in [-0.39, 0.29) is 50.6 Å². The number of amides is 1. The molecule has 5 aliphatic carbocycles. The fourth-order valence-electron chi connectivity index (χ4n) is 14.6. The average molecular weight is 723 g/mol. The molecule has 7 rings (SSSR count). The largest absolute Gasteiger partial charge is 0.465 e. The van der Waals surface area contributed by atoms with Crippen molar-refractivity contribution in [2.75, 3.05) is 38.2 Å². The van der Waals surface area contributed by atoms with Gasteiger partial charge in [-0.1, -0.05) is 60.6 Å². The van der Waals surface area contributed by atoms with Crippen molar-refractivity contribution in [1.29, 1.82) is 0 Å². The standard InChI is InChI=1S/C43H66N2O5S/c1-28(2)31-15-20-43(44-36(46)27-45-23-25-51(48,49)26-24-45)22-21-41(6)33(37(31)43)13-14-35-40(5)18-16-32(29-9-11-30(12-10-29)38(47)50-8)39(3,4)34(40)17-19-42(35,41)7/h9-12,28,31-35,37H,13-27H2,1-8H3,(H,44,46). The van der Waals surface area contributed by atoms with Crippen molar-refractivity contribution in [3.05, 3.63) is 35.4 Å². The first kappa shape index (κ1) is 37.4. The fourth-order valence-corrected chi connectivity index (χ4v) is 15.9. The first-order valence-corrected chi connectivity index (χ1v) is 22.1. The van der Waals surface area contributed by atoms with E-state index >= 15 is 0 Å². The summed E-state index contributed by atoms with van der Waals surface area (Å²) in [6, 6.07) is 8.25. The summed E-state index contributed by atoms with van der Waals surface area (Å²) in [7, 11) is -1.53. The Bertz CT molecular complexity index is 1610. The molecule has 1 aliphatic heterocycles. The van der Waals surface area contributed by atoms with Crippen LogP contribution >= 0.6 is 0 Å². The molecule has 5 saturated carbocycles. The number of rotatable bonds is 6. The maximum atomic E-state index is 13.8. The number of hydrogen-bond acceptors (Lipinski definition) is 6. The monoisotopic (exact) mass is 722 g/mol. The third-order valence-electron chi connectivity index (χ3n) is 17.3. The molecule has 6 aliphatic rings. The maximum Gasteiger partial charge on any atom is 0.337 e. The Labute approximate surface area is 308 Å². The van der Waals surface area contributed by atoms with Crippen molar-refractivity contribution in [3.63, 3.8) is 0 Å². The van der Waals surface area contributed by atoms with E-state index in [1.807, 2.05) is 17.0 Å². The SMILES string of the molecule is COC(=O)c1ccc(C2CCC3(C)C(CCC4(C)C3CCC3C5C(C(C)C)CCC5(NC(=O)CN5CCS(=O)(=O)CC5)CCC34C)C2(C)C)cc1. The van der Waals surface area contributed by atoms with Gasteiger partial charge >= 0.3 is 5.97 Å². The second-order valence-corrected chi connectivity index (χ2v) is 22.1. The van der Waals surface area contributed by atoms with Crippen LogP contribution in [0.5, 0.6) is 0 Å². The van der Waals surface area contributed by atoms with Crippen LogP contribution in [0.25, 0.3) is 0 Å². The lowest BCUT2D eigenvalue weighted by Crippen LogP contribution is -2.69. The van der Waals surface area contributed by atoms with Gasteiger partial charge in [0.15, 0.2) is 9.84 Å². The second-order valence-electron chi connectivity index (χ2n) is 19.8. The number of benzene rings is 1. The zero-order valence-corrected chi connectivity index (χ0v) is 33.7. The topological polar surface area (TPSA) is 92.8 Å². The van der Waals surface area contributed by atoms with Gasteiger partial charge in [0.2, 0.25) is 5.91 Å². The second kappa shape index (κ2) is 12.8. The molecule has 1 heterocycles. The number of nitrogens with one attached hydrogen (secondary N) is 1. The Balaban J connectivity index is 1.13. The van der Waals surface area contributed by atoms with E-state index in [9.17, 15) is 18.0 Å². The third kappa shape index (κ3) is 5.85. The van der Waals surface area contributed by atoms with E-state index in [1.165, 1.54) is 64.0 Å². The normalized spacial score (nSPS) is 42.9. The van der Waals surface area contributed by atoms with Crippen LogP contribution in [0.4, 0.5) is 0 Å². The number of ether oxygens (including phenoxy) is 1. The molecule has 284 valence electrons. The maximum absolute atomic E-state index is 13.8. The molecule has 1 N–H and O–H groups in total. The van der Waals surface area contributed by atoms with Gasteiger partial charge in [0.1, 0.15) is 0 Å². The first-order valence-electron chi connectivity index (χ1n) is 20.3. The molecule has 1 aromatic rings. The summed E-state index contributed by atoms with van der Waals surface area (Å²) in [5.74, 6) is 4.22. The van der Waals surface area contributed by atoms with Gasteiger partial charge in [-0.15, -0.1) is 0 Å². The van der Waals surface area contributed by atoms with E-state index in [2.05, 4.69) is 65.9 Å². The summed E-state index contributed by atoms with van der Waals surface area (Å²) in [4.78, 5) is 28.0. The molecule has 0 radical (unpaired) electrons. The number of methoxy groups -OCH3 is 1. The van der Waals surface area contributed by atoms with Gasteiger partial charge < -0.3 is 10.1 Å². The van der Waals surface area contributed by atoms with Gasteiger partial charge in [0.25, 0.3) is 0 Å². The Morgan fingerprint density at radius 1 is 0.843 bits per heavy atom. The Morgan fingerprint density at radius 2 is 1.53 bits per heavy atom. The lowest BCUT2D eigenvalue weighted by atomic mass is 9.32. The quantitative estimate of drug-likeness (QED) is 0.301. The van der Waals surface area contributed by atoms with Crippen LogP contribution in [0.3, 0.4) is 0 Å². The molecule has 1 amide bonds. The molecule has 10 atom stereocenters. The molecule has 0 aromatic heterocycles. The number of nitrogens with zero attached hydrogens (tertiary/aromatic N) is 1. The van der Waals surface area contributed by atoms with Crippen molar-refractivity contribution in [1.82, 2.24) is 10.2 Å². The predicted octanol–water partition coefficient (Wildman–Crippen LogP) is 7.89. The minimum absolute atomic E-state index is 0.0964. The molecule has 0 spiro atoms. The van der Waals surface area contributed by atoms with Crippen LogP contribution in [0.2, 0.25) is 0 Å². The summed E-state index contributed by atoms with van der Waals surface area (Å²) in [5, 5.41) is 3.72. The summed E-state index contributed by atoms with van der Waals surface area (Å²) < 4.78 is 29.0. The molecule has 1 saturated heterocycles. The number of carbonyl (C=O) groups is 2. The number of hydrogen-bond donors (Lipinski definition) is 1. The van der Waals surface area contributed by atoms with Crippen molar-refractivity contribution in [3.8, 4) is 0 Å². The van der Waals surface area contributed by atoms with E-state index in [4.69, 9.17) is 4.74 Å². The van der Waals surface area contributed by atoms with Gasteiger partial charge in [-0.25, -0.2) is 13.2 Å². The molecular weight excluding hydrogens is 657 g/mol. The van der Waals surface area contributed by atoms with Crippen LogP contribution < -0.4 is 5.32 Å². The number of esters is 1. The van der Waals surface area contributed by atoms with E-state index in [1.54, 1.807) is 0 Å². The molecule has 51 heavy (non-hydrogen) atoms. The van der Waals surface area contributed by atoms with E-state index in [0.717, 1.165) is 12.8 Å². The summed E-state index contributed by atoms with van der Waals surface area (Å²) >= 11 is 0. The zero-order valence-electron chi connectivity index (χ0n) is 32.9.